The fourth-order valence-electron chi connectivity index (χ4n) is 2.72. The average molecular weight is 232 g/mol. The predicted octanol–water partition coefficient (Wildman–Crippen LogP) is 2.65. The minimum atomic E-state index is -0.206. The van der Waals surface area contributed by atoms with Gasteiger partial charge in [-0.1, -0.05) is 25.3 Å². The third kappa shape index (κ3) is 2.67. The summed E-state index contributed by atoms with van der Waals surface area (Å²) in [4.78, 5) is 11.5. The second-order valence-electron chi connectivity index (χ2n) is 4.88. The molecule has 1 saturated carbocycles. The lowest BCUT2D eigenvalue weighted by Crippen LogP contribution is -2.30. The molecule has 2 rings (SSSR count). The highest BCUT2D eigenvalue weighted by Gasteiger charge is 2.18. The molecule has 92 valence electrons. The quantitative estimate of drug-likeness (QED) is 0.468. The lowest BCUT2D eigenvalue weighted by Gasteiger charge is -2.24. The SMILES string of the molecule is Cc1ccc(C(=O)NN)cc1C1CCCCC1. The molecule has 3 nitrogen and oxygen atoms in total. The molecule has 0 aliphatic heterocycles. The topological polar surface area (TPSA) is 55.1 Å². The van der Waals surface area contributed by atoms with Crippen LogP contribution in [-0.2, 0) is 0 Å². The van der Waals surface area contributed by atoms with E-state index in [2.05, 4.69) is 12.3 Å². The Morgan fingerprint density at radius 2 is 2.00 bits per heavy atom. The molecule has 1 amide bonds. The second kappa shape index (κ2) is 5.32. The van der Waals surface area contributed by atoms with E-state index in [0.29, 0.717) is 11.5 Å². The van der Waals surface area contributed by atoms with Gasteiger partial charge in [0.2, 0.25) is 0 Å². The summed E-state index contributed by atoms with van der Waals surface area (Å²) in [5.74, 6) is 5.58. The van der Waals surface area contributed by atoms with Crippen molar-refractivity contribution in [1.29, 1.82) is 0 Å². The summed E-state index contributed by atoms with van der Waals surface area (Å²) in [6.07, 6.45) is 6.44. The van der Waals surface area contributed by atoms with Crippen LogP contribution in [0.25, 0.3) is 0 Å². The molecule has 1 fully saturated rings. The number of hydrogen-bond donors (Lipinski definition) is 2. The van der Waals surface area contributed by atoms with Crippen LogP contribution >= 0.6 is 0 Å². The van der Waals surface area contributed by atoms with Crippen LogP contribution in [0.1, 0.15) is 59.5 Å². The molecule has 17 heavy (non-hydrogen) atoms. The van der Waals surface area contributed by atoms with Crippen molar-refractivity contribution in [3.8, 4) is 0 Å². The number of carbonyl (C=O) groups is 1. The largest absolute Gasteiger partial charge is 0.290 e. The maximum absolute atomic E-state index is 11.5. The zero-order chi connectivity index (χ0) is 12.3. The van der Waals surface area contributed by atoms with Gasteiger partial charge in [0.1, 0.15) is 0 Å². The van der Waals surface area contributed by atoms with E-state index in [1.807, 2.05) is 18.2 Å². The van der Waals surface area contributed by atoms with Gasteiger partial charge in [-0.05, 0) is 48.9 Å². The van der Waals surface area contributed by atoms with Crippen molar-refractivity contribution < 1.29 is 4.79 Å². The van der Waals surface area contributed by atoms with Gasteiger partial charge in [-0.2, -0.15) is 0 Å². The first-order valence-electron chi connectivity index (χ1n) is 6.34. The molecule has 1 aliphatic carbocycles. The average Bonchev–Trinajstić information content (AvgIpc) is 2.39. The number of nitrogen functional groups attached to an aromatic ring is 1. The minimum absolute atomic E-state index is 0.206. The van der Waals surface area contributed by atoms with E-state index in [1.165, 1.54) is 43.2 Å². The van der Waals surface area contributed by atoms with Crippen LogP contribution in [0.15, 0.2) is 18.2 Å². The standard InChI is InChI=1S/C14H20N2O/c1-10-7-8-12(14(17)16-15)9-13(10)11-5-3-2-4-6-11/h7-9,11H,2-6,15H2,1H3,(H,16,17). The van der Waals surface area contributed by atoms with Crippen molar-refractivity contribution >= 4 is 5.91 Å². The van der Waals surface area contributed by atoms with Crippen LogP contribution in [0.4, 0.5) is 0 Å². The summed E-state index contributed by atoms with van der Waals surface area (Å²) in [6.45, 7) is 2.12. The highest BCUT2D eigenvalue weighted by Crippen LogP contribution is 2.34. The third-order valence-electron chi connectivity index (χ3n) is 3.72. The number of hydrazine groups is 1. The maximum Gasteiger partial charge on any atom is 0.265 e. The summed E-state index contributed by atoms with van der Waals surface area (Å²) in [6, 6.07) is 5.87. The van der Waals surface area contributed by atoms with Gasteiger partial charge in [0.05, 0.1) is 0 Å². The van der Waals surface area contributed by atoms with Crippen LogP contribution in [-0.4, -0.2) is 5.91 Å². The van der Waals surface area contributed by atoms with Crippen LogP contribution in [0, 0.1) is 6.92 Å². The zero-order valence-electron chi connectivity index (χ0n) is 10.3. The number of rotatable bonds is 2. The Morgan fingerprint density at radius 3 is 2.65 bits per heavy atom. The van der Waals surface area contributed by atoms with Gasteiger partial charge in [-0.3, -0.25) is 10.2 Å². The molecule has 1 aromatic rings. The highest BCUT2D eigenvalue weighted by molar-refractivity contribution is 5.94. The number of nitrogens with two attached hydrogens (primary N) is 1. The molecule has 0 saturated heterocycles. The minimum Gasteiger partial charge on any atom is -0.290 e. The maximum atomic E-state index is 11.5. The number of carbonyl (C=O) groups excluding carboxylic acids is 1. The number of nitrogens with one attached hydrogen (secondary N) is 1. The van der Waals surface area contributed by atoms with E-state index in [-0.39, 0.29) is 5.91 Å². The summed E-state index contributed by atoms with van der Waals surface area (Å²) < 4.78 is 0. The first-order valence-corrected chi connectivity index (χ1v) is 6.34. The molecule has 0 bridgehead atoms. The Kier molecular flexibility index (Phi) is 3.79. The molecule has 1 aromatic carbocycles. The van der Waals surface area contributed by atoms with E-state index < -0.39 is 0 Å². The first kappa shape index (κ1) is 12.1. The number of amides is 1. The number of hydrogen-bond acceptors (Lipinski definition) is 2. The monoisotopic (exact) mass is 232 g/mol. The summed E-state index contributed by atoms with van der Waals surface area (Å²) in [5.41, 5.74) is 5.47. The summed E-state index contributed by atoms with van der Waals surface area (Å²) >= 11 is 0. The molecule has 0 atom stereocenters. The molecule has 3 N–H and O–H groups in total. The van der Waals surface area contributed by atoms with Gasteiger partial charge in [-0.15, -0.1) is 0 Å². The fourth-order valence-corrected chi connectivity index (χ4v) is 2.72. The molecule has 3 heteroatoms. The van der Waals surface area contributed by atoms with Gasteiger partial charge in [0.15, 0.2) is 0 Å². The van der Waals surface area contributed by atoms with Gasteiger partial charge < -0.3 is 0 Å². The van der Waals surface area contributed by atoms with Crippen LogP contribution in [0.5, 0.6) is 0 Å². The highest BCUT2D eigenvalue weighted by atomic mass is 16.2. The molecule has 0 radical (unpaired) electrons. The molecule has 0 aromatic heterocycles. The van der Waals surface area contributed by atoms with Gasteiger partial charge >= 0.3 is 0 Å². The Balaban J connectivity index is 2.28. The zero-order valence-corrected chi connectivity index (χ0v) is 10.3. The Bertz CT molecular complexity index is 409. The van der Waals surface area contributed by atoms with Crippen molar-refractivity contribution in [2.75, 3.05) is 0 Å². The molecular weight excluding hydrogens is 212 g/mol. The van der Waals surface area contributed by atoms with Crippen molar-refractivity contribution in [1.82, 2.24) is 5.43 Å². The van der Waals surface area contributed by atoms with Crippen molar-refractivity contribution in [3.63, 3.8) is 0 Å². The third-order valence-corrected chi connectivity index (χ3v) is 3.72. The fraction of sp³-hybridized carbons (Fsp3) is 0.500. The molecule has 0 unspecified atom stereocenters. The predicted molar refractivity (Wildman–Crippen MR) is 68.7 cm³/mol. The second-order valence-corrected chi connectivity index (χ2v) is 4.88. The smallest absolute Gasteiger partial charge is 0.265 e. The van der Waals surface area contributed by atoms with Crippen LogP contribution in [0.2, 0.25) is 0 Å². The van der Waals surface area contributed by atoms with Crippen molar-refractivity contribution in [3.05, 3.63) is 34.9 Å². The Morgan fingerprint density at radius 1 is 1.29 bits per heavy atom. The van der Waals surface area contributed by atoms with E-state index >= 15 is 0 Å². The van der Waals surface area contributed by atoms with E-state index in [4.69, 9.17) is 5.84 Å². The van der Waals surface area contributed by atoms with Crippen molar-refractivity contribution in [2.45, 2.75) is 44.9 Å². The normalized spacial score (nSPS) is 16.8. The Labute approximate surface area is 102 Å². The van der Waals surface area contributed by atoms with Crippen LogP contribution < -0.4 is 11.3 Å². The van der Waals surface area contributed by atoms with Gasteiger partial charge in [-0.25, -0.2) is 5.84 Å². The lowest BCUT2D eigenvalue weighted by atomic mass is 9.82. The van der Waals surface area contributed by atoms with Crippen LogP contribution in [0.3, 0.4) is 0 Å². The summed E-state index contributed by atoms with van der Waals surface area (Å²) in [7, 11) is 0. The van der Waals surface area contributed by atoms with Gasteiger partial charge in [0, 0.05) is 5.56 Å². The number of aryl methyl sites for hydroxylation is 1. The Hall–Kier alpha value is -1.35. The molecule has 0 spiro atoms. The first-order chi connectivity index (χ1) is 8.22. The molecule has 1 aliphatic rings. The lowest BCUT2D eigenvalue weighted by molar-refractivity contribution is 0.0953. The van der Waals surface area contributed by atoms with E-state index in [9.17, 15) is 4.79 Å². The molecular formula is C14H20N2O. The van der Waals surface area contributed by atoms with E-state index in [1.54, 1.807) is 0 Å². The molecule has 0 heterocycles. The van der Waals surface area contributed by atoms with Crippen molar-refractivity contribution in [2.24, 2.45) is 5.84 Å². The number of benzene rings is 1. The van der Waals surface area contributed by atoms with E-state index in [0.717, 1.165) is 0 Å². The van der Waals surface area contributed by atoms with Gasteiger partial charge in [0.25, 0.3) is 5.91 Å². The summed E-state index contributed by atoms with van der Waals surface area (Å²) in [5, 5.41) is 0.